The summed E-state index contributed by atoms with van der Waals surface area (Å²) >= 11 is 0. The third-order valence-corrected chi connectivity index (χ3v) is 3.01. The highest BCUT2D eigenvalue weighted by molar-refractivity contribution is 5.94. The van der Waals surface area contributed by atoms with Crippen LogP contribution in [0.25, 0.3) is 0 Å². The zero-order valence-corrected chi connectivity index (χ0v) is 11.5. The fourth-order valence-corrected chi connectivity index (χ4v) is 1.85. The summed E-state index contributed by atoms with van der Waals surface area (Å²) < 4.78 is 0. The van der Waals surface area contributed by atoms with Gasteiger partial charge >= 0.3 is 0 Å². The SMILES string of the molecule is CNc1ccc(C(=O)NCc2cccc([N+](=O)[O-])c2)cc1. The maximum atomic E-state index is 12.0. The molecule has 0 fully saturated rings. The fraction of sp³-hybridized carbons (Fsp3) is 0.133. The highest BCUT2D eigenvalue weighted by Crippen LogP contribution is 2.13. The van der Waals surface area contributed by atoms with E-state index in [9.17, 15) is 14.9 Å². The highest BCUT2D eigenvalue weighted by Gasteiger charge is 2.08. The van der Waals surface area contributed by atoms with Crippen LogP contribution in [0, 0.1) is 10.1 Å². The molecule has 0 heterocycles. The van der Waals surface area contributed by atoms with Gasteiger partial charge in [0.25, 0.3) is 11.6 Å². The first-order valence-corrected chi connectivity index (χ1v) is 6.39. The molecular formula is C15H15N3O3. The first kappa shape index (κ1) is 14.5. The number of nitrogens with zero attached hydrogens (tertiary/aromatic N) is 1. The van der Waals surface area contributed by atoms with Gasteiger partial charge in [-0.15, -0.1) is 0 Å². The second-order valence-corrected chi connectivity index (χ2v) is 4.44. The second-order valence-electron chi connectivity index (χ2n) is 4.44. The number of carbonyl (C=O) groups excluding carboxylic acids is 1. The molecule has 0 spiro atoms. The molecule has 2 aromatic rings. The van der Waals surface area contributed by atoms with Gasteiger partial charge in [-0.25, -0.2) is 0 Å². The van der Waals surface area contributed by atoms with Gasteiger partial charge in [-0.1, -0.05) is 12.1 Å². The van der Waals surface area contributed by atoms with Crippen molar-refractivity contribution < 1.29 is 9.72 Å². The summed E-state index contributed by atoms with van der Waals surface area (Å²) in [4.78, 5) is 22.2. The van der Waals surface area contributed by atoms with Crippen LogP contribution in [0.2, 0.25) is 0 Å². The van der Waals surface area contributed by atoms with E-state index in [1.807, 2.05) is 12.1 Å². The number of non-ortho nitro benzene ring substituents is 1. The van der Waals surface area contributed by atoms with E-state index in [4.69, 9.17) is 0 Å². The summed E-state index contributed by atoms with van der Waals surface area (Å²) in [6.45, 7) is 0.244. The molecule has 6 heteroatoms. The zero-order valence-electron chi connectivity index (χ0n) is 11.5. The molecule has 1 amide bonds. The van der Waals surface area contributed by atoms with Gasteiger partial charge < -0.3 is 10.6 Å². The van der Waals surface area contributed by atoms with E-state index < -0.39 is 4.92 Å². The van der Waals surface area contributed by atoms with Crippen molar-refractivity contribution in [1.82, 2.24) is 5.32 Å². The molecule has 0 unspecified atom stereocenters. The Morgan fingerprint density at radius 3 is 2.52 bits per heavy atom. The smallest absolute Gasteiger partial charge is 0.269 e. The molecule has 2 aromatic carbocycles. The van der Waals surface area contributed by atoms with Crippen LogP contribution >= 0.6 is 0 Å². The summed E-state index contributed by atoms with van der Waals surface area (Å²) in [5.74, 6) is -0.218. The largest absolute Gasteiger partial charge is 0.388 e. The molecule has 0 saturated carbocycles. The van der Waals surface area contributed by atoms with Crippen LogP contribution in [-0.4, -0.2) is 17.9 Å². The van der Waals surface area contributed by atoms with Crippen molar-refractivity contribution in [3.63, 3.8) is 0 Å². The van der Waals surface area contributed by atoms with Crippen LogP contribution in [0.1, 0.15) is 15.9 Å². The maximum absolute atomic E-state index is 12.0. The average molecular weight is 285 g/mol. The predicted molar refractivity (Wildman–Crippen MR) is 80.3 cm³/mol. The first-order valence-electron chi connectivity index (χ1n) is 6.39. The zero-order chi connectivity index (χ0) is 15.2. The minimum absolute atomic E-state index is 0.0140. The molecular weight excluding hydrogens is 270 g/mol. The third-order valence-electron chi connectivity index (χ3n) is 3.01. The van der Waals surface area contributed by atoms with Crippen LogP contribution < -0.4 is 10.6 Å². The molecule has 0 saturated heterocycles. The van der Waals surface area contributed by atoms with Crippen molar-refractivity contribution in [3.8, 4) is 0 Å². The summed E-state index contributed by atoms with van der Waals surface area (Å²) in [6.07, 6.45) is 0. The van der Waals surface area contributed by atoms with Gasteiger partial charge in [-0.2, -0.15) is 0 Å². The van der Waals surface area contributed by atoms with Crippen LogP contribution in [0.4, 0.5) is 11.4 Å². The van der Waals surface area contributed by atoms with Crippen molar-refractivity contribution in [2.24, 2.45) is 0 Å². The van der Waals surface area contributed by atoms with E-state index in [-0.39, 0.29) is 18.1 Å². The van der Waals surface area contributed by atoms with E-state index in [2.05, 4.69) is 10.6 Å². The lowest BCUT2D eigenvalue weighted by atomic mass is 10.1. The first-order chi connectivity index (χ1) is 10.1. The molecule has 2 rings (SSSR count). The molecule has 0 aliphatic carbocycles. The second kappa shape index (κ2) is 6.51. The van der Waals surface area contributed by atoms with Gasteiger partial charge in [-0.3, -0.25) is 14.9 Å². The Balaban J connectivity index is 2.00. The molecule has 0 radical (unpaired) electrons. The van der Waals surface area contributed by atoms with Crippen molar-refractivity contribution in [3.05, 3.63) is 69.8 Å². The number of amides is 1. The Hall–Kier alpha value is -2.89. The molecule has 108 valence electrons. The van der Waals surface area contributed by atoms with Gasteiger partial charge in [0, 0.05) is 37.0 Å². The number of nitro benzene ring substituents is 1. The summed E-state index contributed by atoms with van der Waals surface area (Å²) in [5, 5.41) is 16.4. The topological polar surface area (TPSA) is 84.3 Å². The number of hydrogen-bond acceptors (Lipinski definition) is 4. The van der Waals surface area contributed by atoms with Crippen LogP contribution in [0.5, 0.6) is 0 Å². The molecule has 0 aromatic heterocycles. The van der Waals surface area contributed by atoms with Crippen LogP contribution in [-0.2, 0) is 6.54 Å². The lowest BCUT2D eigenvalue weighted by Crippen LogP contribution is -2.22. The van der Waals surface area contributed by atoms with Gasteiger partial charge in [0.15, 0.2) is 0 Å². The Kier molecular flexibility index (Phi) is 4.50. The molecule has 0 aliphatic rings. The van der Waals surface area contributed by atoms with Crippen LogP contribution in [0.3, 0.4) is 0 Å². The van der Waals surface area contributed by atoms with E-state index in [1.54, 1.807) is 31.3 Å². The van der Waals surface area contributed by atoms with E-state index >= 15 is 0 Å². The highest BCUT2D eigenvalue weighted by atomic mass is 16.6. The molecule has 0 aliphatic heterocycles. The van der Waals surface area contributed by atoms with E-state index in [0.717, 1.165) is 5.69 Å². The standard InChI is InChI=1S/C15H15N3O3/c1-16-13-7-5-12(6-8-13)15(19)17-10-11-3-2-4-14(9-11)18(20)21/h2-9,16H,10H2,1H3,(H,17,19). The normalized spacial score (nSPS) is 9.95. The number of hydrogen-bond donors (Lipinski definition) is 2. The minimum Gasteiger partial charge on any atom is -0.388 e. The fourth-order valence-electron chi connectivity index (χ4n) is 1.85. The Labute approximate surface area is 121 Å². The quantitative estimate of drug-likeness (QED) is 0.653. The van der Waals surface area contributed by atoms with Gasteiger partial charge in [0.2, 0.25) is 0 Å². The summed E-state index contributed by atoms with van der Waals surface area (Å²) in [6, 6.07) is 13.2. The number of rotatable bonds is 5. The average Bonchev–Trinajstić information content (AvgIpc) is 2.53. The number of nitro groups is 1. The summed E-state index contributed by atoms with van der Waals surface area (Å²) in [5.41, 5.74) is 2.16. The predicted octanol–water partition coefficient (Wildman–Crippen LogP) is 2.57. The molecule has 21 heavy (non-hydrogen) atoms. The maximum Gasteiger partial charge on any atom is 0.269 e. The number of carbonyl (C=O) groups is 1. The molecule has 0 bridgehead atoms. The molecule has 2 N–H and O–H groups in total. The number of benzene rings is 2. The Bertz CT molecular complexity index is 653. The monoisotopic (exact) mass is 285 g/mol. The van der Waals surface area contributed by atoms with Crippen molar-refractivity contribution in [2.45, 2.75) is 6.54 Å². The Morgan fingerprint density at radius 1 is 1.19 bits per heavy atom. The number of anilines is 1. The van der Waals surface area contributed by atoms with Gasteiger partial charge in [0.1, 0.15) is 0 Å². The lowest BCUT2D eigenvalue weighted by molar-refractivity contribution is -0.384. The minimum atomic E-state index is -0.457. The summed E-state index contributed by atoms with van der Waals surface area (Å²) in [7, 11) is 1.80. The van der Waals surface area contributed by atoms with Gasteiger partial charge in [-0.05, 0) is 29.8 Å². The molecule has 6 nitrogen and oxygen atoms in total. The van der Waals surface area contributed by atoms with Crippen molar-refractivity contribution in [1.29, 1.82) is 0 Å². The van der Waals surface area contributed by atoms with E-state index in [1.165, 1.54) is 12.1 Å². The Morgan fingerprint density at radius 2 is 1.90 bits per heavy atom. The molecule has 0 atom stereocenters. The van der Waals surface area contributed by atoms with Crippen molar-refractivity contribution in [2.75, 3.05) is 12.4 Å². The third kappa shape index (κ3) is 3.79. The van der Waals surface area contributed by atoms with E-state index in [0.29, 0.717) is 11.1 Å². The number of nitrogens with one attached hydrogen (secondary N) is 2. The van der Waals surface area contributed by atoms with Gasteiger partial charge in [0.05, 0.1) is 4.92 Å². The van der Waals surface area contributed by atoms with Crippen LogP contribution in [0.15, 0.2) is 48.5 Å². The lowest BCUT2D eigenvalue weighted by Gasteiger charge is -2.06. The van der Waals surface area contributed by atoms with Crippen molar-refractivity contribution >= 4 is 17.3 Å².